The average Bonchev–Trinajstić information content (AvgIpc) is 3.00. The molecule has 0 aliphatic rings. The first-order valence-corrected chi connectivity index (χ1v) is 6.56. The number of amides is 1. The summed E-state index contributed by atoms with van der Waals surface area (Å²) < 4.78 is 0. The third-order valence-corrected chi connectivity index (χ3v) is 3.32. The summed E-state index contributed by atoms with van der Waals surface area (Å²) in [6, 6.07) is 5.76. The third kappa shape index (κ3) is 2.94. The number of carbonyl (C=O) groups excluding carboxylic acids is 1. The lowest BCUT2D eigenvalue weighted by Crippen LogP contribution is -2.24. The van der Waals surface area contributed by atoms with E-state index in [-0.39, 0.29) is 5.91 Å². The number of thiophene rings is 1. The van der Waals surface area contributed by atoms with Crippen LogP contribution in [0.3, 0.4) is 0 Å². The molecule has 2 heterocycles. The highest BCUT2D eigenvalue weighted by Crippen LogP contribution is 2.22. The SMILES string of the molecule is CCCCNC(=O)c1cc(-c2cccs2)[nH]n1. The van der Waals surface area contributed by atoms with Crippen LogP contribution in [-0.4, -0.2) is 22.6 Å². The highest BCUT2D eigenvalue weighted by Gasteiger charge is 2.10. The van der Waals surface area contributed by atoms with Crippen LogP contribution in [0.1, 0.15) is 30.3 Å². The highest BCUT2D eigenvalue weighted by molar-refractivity contribution is 7.13. The number of aromatic amines is 1. The van der Waals surface area contributed by atoms with Gasteiger partial charge in [-0.15, -0.1) is 11.3 Å². The van der Waals surface area contributed by atoms with Crippen molar-refractivity contribution in [1.29, 1.82) is 0 Å². The van der Waals surface area contributed by atoms with Gasteiger partial charge in [-0.2, -0.15) is 5.10 Å². The van der Waals surface area contributed by atoms with E-state index in [4.69, 9.17) is 0 Å². The minimum Gasteiger partial charge on any atom is -0.351 e. The Labute approximate surface area is 104 Å². The Morgan fingerprint density at radius 1 is 1.59 bits per heavy atom. The van der Waals surface area contributed by atoms with Crippen molar-refractivity contribution < 1.29 is 4.79 Å². The number of carbonyl (C=O) groups is 1. The number of hydrogen-bond donors (Lipinski definition) is 2. The zero-order valence-electron chi connectivity index (χ0n) is 9.69. The Hall–Kier alpha value is -1.62. The minimum absolute atomic E-state index is 0.113. The van der Waals surface area contributed by atoms with E-state index in [9.17, 15) is 4.79 Å². The molecule has 2 aromatic heterocycles. The van der Waals surface area contributed by atoms with Gasteiger partial charge in [-0.1, -0.05) is 19.4 Å². The second kappa shape index (κ2) is 5.63. The van der Waals surface area contributed by atoms with E-state index in [0.29, 0.717) is 12.2 Å². The van der Waals surface area contributed by atoms with Crippen LogP contribution >= 0.6 is 11.3 Å². The fourth-order valence-corrected chi connectivity index (χ4v) is 2.16. The second-order valence-electron chi connectivity index (χ2n) is 3.75. The summed E-state index contributed by atoms with van der Waals surface area (Å²) in [4.78, 5) is 12.8. The molecule has 5 heteroatoms. The van der Waals surface area contributed by atoms with Crippen LogP contribution in [0, 0.1) is 0 Å². The molecule has 2 rings (SSSR count). The molecule has 17 heavy (non-hydrogen) atoms. The smallest absolute Gasteiger partial charge is 0.271 e. The van der Waals surface area contributed by atoms with Gasteiger partial charge in [-0.25, -0.2) is 0 Å². The van der Waals surface area contributed by atoms with E-state index < -0.39 is 0 Å². The number of aromatic nitrogens is 2. The molecule has 0 bridgehead atoms. The predicted octanol–water partition coefficient (Wildman–Crippen LogP) is 2.67. The molecular formula is C12H15N3OS. The van der Waals surface area contributed by atoms with E-state index in [1.165, 1.54) is 0 Å². The molecule has 4 nitrogen and oxygen atoms in total. The molecule has 0 radical (unpaired) electrons. The summed E-state index contributed by atoms with van der Waals surface area (Å²) in [5.41, 5.74) is 1.34. The van der Waals surface area contributed by atoms with Gasteiger partial charge in [0.25, 0.3) is 5.91 Å². The number of rotatable bonds is 5. The Kier molecular flexibility index (Phi) is 3.93. The van der Waals surface area contributed by atoms with Crippen LogP contribution in [0.2, 0.25) is 0 Å². The number of H-pyrrole nitrogens is 1. The molecule has 0 aliphatic heterocycles. The molecule has 0 aromatic carbocycles. The van der Waals surface area contributed by atoms with Crippen molar-refractivity contribution >= 4 is 17.2 Å². The molecular weight excluding hydrogens is 234 g/mol. The summed E-state index contributed by atoms with van der Waals surface area (Å²) >= 11 is 1.62. The van der Waals surface area contributed by atoms with Crippen LogP contribution < -0.4 is 5.32 Å². The van der Waals surface area contributed by atoms with E-state index in [0.717, 1.165) is 23.4 Å². The summed E-state index contributed by atoms with van der Waals surface area (Å²) in [6.45, 7) is 2.80. The normalized spacial score (nSPS) is 10.4. The van der Waals surface area contributed by atoms with Gasteiger partial charge in [0.15, 0.2) is 5.69 Å². The van der Waals surface area contributed by atoms with Crippen molar-refractivity contribution in [3.8, 4) is 10.6 Å². The minimum atomic E-state index is -0.113. The molecule has 0 spiro atoms. The van der Waals surface area contributed by atoms with Crippen molar-refractivity contribution in [2.45, 2.75) is 19.8 Å². The number of unbranched alkanes of at least 4 members (excludes halogenated alkanes) is 1. The van der Waals surface area contributed by atoms with Gasteiger partial charge in [0.2, 0.25) is 0 Å². The Morgan fingerprint density at radius 2 is 2.47 bits per heavy atom. The third-order valence-electron chi connectivity index (χ3n) is 2.41. The van der Waals surface area contributed by atoms with E-state index in [1.807, 2.05) is 17.5 Å². The number of nitrogens with zero attached hydrogens (tertiary/aromatic N) is 1. The Balaban J connectivity index is 2.01. The van der Waals surface area contributed by atoms with Crippen LogP contribution in [-0.2, 0) is 0 Å². The quantitative estimate of drug-likeness (QED) is 0.800. The lowest BCUT2D eigenvalue weighted by molar-refractivity contribution is 0.0948. The summed E-state index contributed by atoms with van der Waals surface area (Å²) in [5.74, 6) is -0.113. The summed E-state index contributed by atoms with van der Waals surface area (Å²) in [7, 11) is 0. The molecule has 0 fully saturated rings. The topological polar surface area (TPSA) is 57.8 Å². The van der Waals surface area contributed by atoms with Gasteiger partial charge >= 0.3 is 0 Å². The van der Waals surface area contributed by atoms with Gasteiger partial charge in [-0.3, -0.25) is 9.89 Å². The fourth-order valence-electron chi connectivity index (χ4n) is 1.47. The maximum atomic E-state index is 11.7. The van der Waals surface area contributed by atoms with Crippen LogP contribution in [0.5, 0.6) is 0 Å². The number of hydrogen-bond acceptors (Lipinski definition) is 3. The van der Waals surface area contributed by atoms with Crippen molar-refractivity contribution in [3.63, 3.8) is 0 Å². The molecule has 0 atom stereocenters. The second-order valence-corrected chi connectivity index (χ2v) is 4.70. The van der Waals surface area contributed by atoms with Gasteiger partial charge in [0.1, 0.15) is 0 Å². The molecule has 0 saturated heterocycles. The molecule has 2 aromatic rings. The standard InChI is InChI=1S/C12H15N3OS/c1-2-3-6-13-12(16)10-8-9(14-15-10)11-5-4-7-17-11/h4-5,7-8H,2-3,6H2,1H3,(H,13,16)(H,14,15). The average molecular weight is 249 g/mol. The fraction of sp³-hybridized carbons (Fsp3) is 0.333. The monoisotopic (exact) mass is 249 g/mol. The zero-order valence-corrected chi connectivity index (χ0v) is 10.5. The summed E-state index contributed by atoms with van der Waals surface area (Å²) in [5, 5.41) is 11.7. The van der Waals surface area contributed by atoms with E-state index in [2.05, 4.69) is 22.4 Å². The Morgan fingerprint density at radius 3 is 3.18 bits per heavy atom. The van der Waals surface area contributed by atoms with Crippen LogP contribution in [0.25, 0.3) is 10.6 Å². The van der Waals surface area contributed by atoms with Gasteiger partial charge in [-0.05, 0) is 23.9 Å². The van der Waals surface area contributed by atoms with E-state index >= 15 is 0 Å². The first-order chi connectivity index (χ1) is 8.31. The highest BCUT2D eigenvalue weighted by atomic mass is 32.1. The maximum absolute atomic E-state index is 11.7. The summed E-state index contributed by atoms with van der Waals surface area (Å²) in [6.07, 6.45) is 2.06. The molecule has 1 amide bonds. The van der Waals surface area contributed by atoms with E-state index in [1.54, 1.807) is 17.4 Å². The van der Waals surface area contributed by atoms with Crippen LogP contribution in [0.4, 0.5) is 0 Å². The van der Waals surface area contributed by atoms with Gasteiger partial charge in [0.05, 0.1) is 10.6 Å². The molecule has 90 valence electrons. The van der Waals surface area contributed by atoms with Crippen molar-refractivity contribution in [2.24, 2.45) is 0 Å². The lowest BCUT2D eigenvalue weighted by atomic mass is 10.3. The molecule has 0 aliphatic carbocycles. The van der Waals surface area contributed by atoms with Gasteiger partial charge in [0, 0.05) is 6.54 Å². The van der Waals surface area contributed by atoms with Crippen LogP contribution in [0.15, 0.2) is 23.6 Å². The zero-order chi connectivity index (χ0) is 12.1. The predicted molar refractivity (Wildman–Crippen MR) is 69.1 cm³/mol. The number of nitrogens with one attached hydrogen (secondary N) is 2. The molecule has 0 saturated carbocycles. The largest absolute Gasteiger partial charge is 0.351 e. The maximum Gasteiger partial charge on any atom is 0.271 e. The lowest BCUT2D eigenvalue weighted by Gasteiger charge is -1.99. The van der Waals surface area contributed by atoms with Crippen molar-refractivity contribution in [3.05, 3.63) is 29.3 Å². The van der Waals surface area contributed by atoms with Gasteiger partial charge < -0.3 is 5.32 Å². The van der Waals surface area contributed by atoms with Crippen molar-refractivity contribution in [2.75, 3.05) is 6.54 Å². The first kappa shape index (κ1) is 11.9. The Bertz CT molecular complexity index is 476. The molecule has 0 unspecified atom stereocenters. The first-order valence-electron chi connectivity index (χ1n) is 5.68. The molecule has 2 N–H and O–H groups in total. The van der Waals surface area contributed by atoms with Crippen molar-refractivity contribution in [1.82, 2.24) is 15.5 Å².